The first-order valence-corrected chi connectivity index (χ1v) is 6.19. The molecule has 7 heteroatoms. The van der Waals surface area contributed by atoms with Crippen molar-refractivity contribution in [2.24, 2.45) is 0 Å². The zero-order valence-electron chi connectivity index (χ0n) is 10.6. The Balaban J connectivity index is 2.16. The third kappa shape index (κ3) is 3.63. The van der Waals surface area contributed by atoms with Crippen LogP contribution >= 0.6 is 0 Å². The summed E-state index contributed by atoms with van der Waals surface area (Å²) in [6, 6.07) is 4.16. The third-order valence-corrected chi connectivity index (χ3v) is 3.17. The molecule has 0 radical (unpaired) electrons. The van der Waals surface area contributed by atoms with Gasteiger partial charge in [0, 0.05) is 0 Å². The molecule has 1 saturated heterocycles. The molecule has 1 aliphatic rings. The van der Waals surface area contributed by atoms with Gasteiger partial charge in [-0.2, -0.15) is 0 Å². The van der Waals surface area contributed by atoms with Crippen LogP contribution in [0, 0.1) is 0 Å². The van der Waals surface area contributed by atoms with Gasteiger partial charge in [0.1, 0.15) is 11.8 Å². The van der Waals surface area contributed by atoms with E-state index in [-0.39, 0.29) is 5.75 Å². The third-order valence-electron chi connectivity index (χ3n) is 3.17. The Morgan fingerprint density at radius 1 is 1.20 bits per heavy atom. The highest BCUT2D eigenvalue weighted by Gasteiger charge is 2.32. The molecule has 1 fully saturated rings. The summed E-state index contributed by atoms with van der Waals surface area (Å²) in [5.74, 6) is -1.36. The summed E-state index contributed by atoms with van der Waals surface area (Å²) in [6.45, 7) is 1.36. The van der Waals surface area contributed by atoms with Gasteiger partial charge in [-0.05, 0) is 43.6 Å². The van der Waals surface area contributed by atoms with Crippen LogP contribution in [-0.2, 0) is 4.79 Å². The molecule has 1 atom stereocenters. The Bertz CT molecular complexity index is 467. The number of ether oxygens (including phenoxy) is 1. The Morgan fingerprint density at radius 2 is 1.75 bits per heavy atom. The highest BCUT2D eigenvalue weighted by Crippen LogP contribution is 2.28. The van der Waals surface area contributed by atoms with Gasteiger partial charge in [-0.3, -0.25) is 9.69 Å². The number of nitrogens with zero attached hydrogens (tertiary/aromatic N) is 1. The first-order chi connectivity index (χ1) is 9.37. The van der Waals surface area contributed by atoms with Crippen LogP contribution in [0.15, 0.2) is 24.3 Å². The molecule has 0 unspecified atom stereocenters. The molecule has 0 saturated carbocycles. The van der Waals surface area contributed by atoms with Crippen LogP contribution in [0.25, 0.3) is 0 Å². The topological polar surface area (TPSA) is 49.8 Å². The van der Waals surface area contributed by atoms with Crippen molar-refractivity contribution in [2.45, 2.75) is 25.2 Å². The fourth-order valence-electron chi connectivity index (χ4n) is 2.36. The Hall–Kier alpha value is -1.76. The smallest absolute Gasteiger partial charge is 0.480 e. The van der Waals surface area contributed by atoms with E-state index < -0.39 is 18.4 Å². The van der Waals surface area contributed by atoms with Crippen molar-refractivity contribution in [2.75, 3.05) is 13.1 Å². The van der Waals surface area contributed by atoms with Crippen molar-refractivity contribution < 1.29 is 27.8 Å². The van der Waals surface area contributed by atoms with Gasteiger partial charge in [0.15, 0.2) is 0 Å². The molecular formula is C13H14F3NO3. The second-order valence-electron chi connectivity index (χ2n) is 4.60. The van der Waals surface area contributed by atoms with E-state index in [0.717, 1.165) is 25.0 Å². The molecule has 1 aromatic rings. The summed E-state index contributed by atoms with van der Waals surface area (Å²) < 4.78 is 39.9. The van der Waals surface area contributed by atoms with Crippen molar-refractivity contribution >= 4 is 5.97 Å². The van der Waals surface area contributed by atoms with Crippen molar-refractivity contribution in [3.8, 4) is 5.75 Å². The molecule has 0 bridgehead atoms. The van der Waals surface area contributed by atoms with Gasteiger partial charge < -0.3 is 9.84 Å². The minimum atomic E-state index is -4.75. The largest absolute Gasteiger partial charge is 0.573 e. The highest BCUT2D eigenvalue weighted by atomic mass is 19.4. The van der Waals surface area contributed by atoms with Gasteiger partial charge in [-0.1, -0.05) is 12.1 Å². The van der Waals surface area contributed by atoms with E-state index in [1.165, 1.54) is 12.1 Å². The molecule has 0 amide bonds. The quantitative estimate of drug-likeness (QED) is 0.926. The van der Waals surface area contributed by atoms with Crippen LogP contribution in [0.4, 0.5) is 13.2 Å². The van der Waals surface area contributed by atoms with Crippen LogP contribution < -0.4 is 4.74 Å². The van der Waals surface area contributed by atoms with Crippen molar-refractivity contribution in [3.05, 3.63) is 29.8 Å². The zero-order chi connectivity index (χ0) is 14.8. The molecule has 0 aromatic heterocycles. The maximum atomic E-state index is 12.0. The van der Waals surface area contributed by atoms with Gasteiger partial charge in [0.25, 0.3) is 0 Å². The second-order valence-corrected chi connectivity index (χ2v) is 4.60. The fraction of sp³-hybridized carbons (Fsp3) is 0.462. The maximum Gasteiger partial charge on any atom is 0.573 e. The standard InChI is InChI=1S/C13H14F3NO3/c14-13(15,16)20-10-5-3-9(4-6-10)11(12(18)19)17-7-1-2-8-17/h3-6,11H,1-2,7-8H2,(H,18,19)/t11-/m1/s1. The monoisotopic (exact) mass is 289 g/mol. The second kappa shape index (κ2) is 5.70. The van der Waals surface area contributed by atoms with Gasteiger partial charge in [-0.15, -0.1) is 13.2 Å². The van der Waals surface area contributed by atoms with Crippen LogP contribution in [-0.4, -0.2) is 35.4 Å². The van der Waals surface area contributed by atoms with E-state index in [4.69, 9.17) is 0 Å². The van der Waals surface area contributed by atoms with Crippen LogP contribution in [0.1, 0.15) is 24.4 Å². The van der Waals surface area contributed by atoms with E-state index in [9.17, 15) is 23.1 Å². The Labute approximate surface area is 113 Å². The molecule has 1 aromatic carbocycles. The average molecular weight is 289 g/mol. The van der Waals surface area contributed by atoms with E-state index >= 15 is 0 Å². The summed E-state index contributed by atoms with van der Waals surface area (Å²) in [7, 11) is 0. The average Bonchev–Trinajstić information content (AvgIpc) is 2.83. The van der Waals surface area contributed by atoms with Crippen molar-refractivity contribution in [1.29, 1.82) is 0 Å². The number of likely N-dealkylation sites (tertiary alicyclic amines) is 1. The van der Waals surface area contributed by atoms with E-state index in [1.807, 2.05) is 4.90 Å². The van der Waals surface area contributed by atoms with E-state index in [1.54, 1.807) is 0 Å². The maximum absolute atomic E-state index is 12.0. The molecule has 0 spiro atoms. The highest BCUT2D eigenvalue weighted by molar-refractivity contribution is 5.75. The number of hydrogen-bond donors (Lipinski definition) is 1. The molecular weight excluding hydrogens is 275 g/mol. The van der Waals surface area contributed by atoms with Gasteiger partial charge in [0.2, 0.25) is 0 Å². The number of benzene rings is 1. The number of rotatable bonds is 4. The lowest BCUT2D eigenvalue weighted by atomic mass is 10.1. The minimum Gasteiger partial charge on any atom is -0.480 e. The van der Waals surface area contributed by atoms with Gasteiger partial charge in [-0.25, -0.2) is 0 Å². The van der Waals surface area contributed by atoms with Crippen LogP contribution in [0.3, 0.4) is 0 Å². The molecule has 110 valence electrons. The normalized spacial score (nSPS) is 17.9. The minimum absolute atomic E-state index is 0.355. The number of aliphatic carboxylic acids is 1. The lowest BCUT2D eigenvalue weighted by molar-refractivity contribution is -0.274. The van der Waals surface area contributed by atoms with Gasteiger partial charge >= 0.3 is 12.3 Å². The van der Waals surface area contributed by atoms with Gasteiger partial charge in [0.05, 0.1) is 0 Å². The summed E-state index contributed by atoms with van der Waals surface area (Å²) in [4.78, 5) is 13.2. The molecule has 2 rings (SSSR count). The van der Waals surface area contributed by atoms with E-state index in [0.29, 0.717) is 18.7 Å². The Kier molecular flexibility index (Phi) is 4.17. The number of carboxylic acid groups (broad SMARTS) is 1. The molecule has 20 heavy (non-hydrogen) atoms. The zero-order valence-corrected chi connectivity index (χ0v) is 10.6. The summed E-state index contributed by atoms with van der Waals surface area (Å²) in [5, 5.41) is 9.29. The van der Waals surface area contributed by atoms with Crippen molar-refractivity contribution in [1.82, 2.24) is 4.90 Å². The summed E-state index contributed by atoms with van der Waals surface area (Å²) in [5.41, 5.74) is 0.453. The molecule has 0 aliphatic carbocycles. The van der Waals surface area contributed by atoms with Crippen LogP contribution in [0.2, 0.25) is 0 Å². The molecule has 1 aliphatic heterocycles. The Morgan fingerprint density at radius 3 is 2.20 bits per heavy atom. The number of hydrogen-bond acceptors (Lipinski definition) is 3. The number of alkyl halides is 3. The molecule has 1 N–H and O–H groups in total. The predicted molar refractivity (Wildman–Crippen MR) is 64.3 cm³/mol. The lowest BCUT2D eigenvalue weighted by Gasteiger charge is -2.24. The number of carbonyl (C=O) groups is 1. The fourth-order valence-corrected chi connectivity index (χ4v) is 2.36. The predicted octanol–water partition coefficient (Wildman–Crippen LogP) is 2.81. The SMILES string of the molecule is O=C(O)[C@@H](c1ccc(OC(F)(F)F)cc1)N1CCCC1. The summed E-state index contributed by atoms with van der Waals surface area (Å²) >= 11 is 0. The number of carboxylic acids is 1. The van der Waals surface area contributed by atoms with Crippen LogP contribution in [0.5, 0.6) is 5.75 Å². The van der Waals surface area contributed by atoms with E-state index in [2.05, 4.69) is 4.74 Å². The van der Waals surface area contributed by atoms with Crippen molar-refractivity contribution in [3.63, 3.8) is 0 Å². The molecule has 1 heterocycles. The first-order valence-electron chi connectivity index (χ1n) is 6.19. The lowest BCUT2D eigenvalue weighted by Crippen LogP contribution is -2.31. The number of halogens is 3. The molecule has 4 nitrogen and oxygen atoms in total. The summed E-state index contributed by atoms with van der Waals surface area (Å²) in [6.07, 6.45) is -2.89. The first kappa shape index (κ1) is 14.6.